The van der Waals surface area contributed by atoms with Crippen molar-refractivity contribution >= 4 is 15.8 Å². The minimum atomic E-state index is -3.48. The lowest BCUT2D eigenvalue weighted by Gasteiger charge is -2.42. The van der Waals surface area contributed by atoms with Crippen molar-refractivity contribution in [3.8, 4) is 0 Å². The summed E-state index contributed by atoms with van der Waals surface area (Å²) in [7, 11) is -3.48. The maximum atomic E-state index is 11.2. The van der Waals surface area contributed by atoms with Crippen molar-refractivity contribution < 1.29 is 18.3 Å². The summed E-state index contributed by atoms with van der Waals surface area (Å²) in [6, 6.07) is 0. The van der Waals surface area contributed by atoms with Crippen LogP contribution in [-0.2, 0) is 14.6 Å². The van der Waals surface area contributed by atoms with Crippen LogP contribution in [0, 0.1) is 5.92 Å². The Kier molecular flexibility index (Phi) is 1.94. The predicted molar refractivity (Wildman–Crippen MR) is 43.6 cm³/mol. The van der Waals surface area contributed by atoms with Crippen LogP contribution in [0.1, 0.15) is 19.8 Å². The molecule has 0 radical (unpaired) electrons. The lowest BCUT2D eigenvalue weighted by atomic mass is 9.74. The Bertz CT molecular complexity index is 305. The molecule has 2 unspecified atom stereocenters. The third kappa shape index (κ3) is 0.957. The molecule has 0 aromatic rings. The molecular formula is C7H12O4S. The zero-order valence-corrected chi connectivity index (χ0v) is 7.89. The maximum Gasteiger partial charge on any atom is 0.325 e. The normalized spacial score (nSPS) is 35.7. The number of hydrogen-bond acceptors (Lipinski definition) is 3. The molecule has 1 rings (SSSR count). The molecule has 0 aliphatic heterocycles. The molecule has 1 aliphatic rings. The van der Waals surface area contributed by atoms with E-state index in [4.69, 9.17) is 5.11 Å². The second kappa shape index (κ2) is 2.45. The highest BCUT2D eigenvalue weighted by atomic mass is 32.2. The molecule has 12 heavy (non-hydrogen) atoms. The molecular weight excluding hydrogens is 180 g/mol. The fraction of sp³-hybridized carbons (Fsp3) is 0.857. The van der Waals surface area contributed by atoms with E-state index in [2.05, 4.69) is 0 Å². The van der Waals surface area contributed by atoms with Gasteiger partial charge in [0.2, 0.25) is 0 Å². The lowest BCUT2D eigenvalue weighted by molar-refractivity contribution is -0.144. The SMILES string of the molecule is CC1CCC1(C(=O)O)S(C)(=O)=O. The van der Waals surface area contributed by atoms with Gasteiger partial charge in [0, 0.05) is 6.26 Å². The molecule has 0 saturated heterocycles. The summed E-state index contributed by atoms with van der Waals surface area (Å²) >= 11 is 0. The van der Waals surface area contributed by atoms with Gasteiger partial charge in [-0.1, -0.05) is 6.92 Å². The van der Waals surface area contributed by atoms with Gasteiger partial charge >= 0.3 is 5.97 Å². The molecule has 0 heterocycles. The molecule has 2 atom stereocenters. The molecule has 4 nitrogen and oxygen atoms in total. The van der Waals surface area contributed by atoms with E-state index in [1.165, 1.54) is 0 Å². The molecule has 1 aliphatic carbocycles. The van der Waals surface area contributed by atoms with Crippen LogP contribution in [0.2, 0.25) is 0 Å². The molecule has 1 fully saturated rings. The minimum absolute atomic E-state index is 0.252. The van der Waals surface area contributed by atoms with Crippen LogP contribution in [-0.4, -0.2) is 30.5 Å². The summed E-state index contributed by atoms with van der Waals surface area (Å²) in [5.74, 6) is -1.46. The van der Waals surface area contributed by atoms with E-state index in [9.17, 15) is 13.2 Å². The van der Waals surface area contributed by atoms with Crippen molar-refractivity contribution in [2.24, 2.45) is 5.92 Å². The largest absolute Gasteiger partial charge is 0.480 e. The fourth-order valence-corrected chi connectivity index (χ4v) is 3.38. The minimum Gasteiger partial charge on any atom is -0.480 e. The van der Waals surface area contributed by atoms with Crippen molar-refractivity contribution in [3.63, 3.8) is 0 Å². The summed E-state index contributed by atoms with van der Waals surface area (Å²) in [5, 5.41) is 8.81. The molecule has 1 saturated carbocycles. The van der Waals surface area contributed by atoms with Gasteiger partial charge in [0.1, 0.15) is 0 Å². The Morgan fingerprint density at radius 2 is 2.08 bits per heavy atom. The van der Waals surface area contributed by atoms with Crippen molar-refractivity contribution in [1.82, 2.24) is 0 Å². The Morgan fingerprint density at radius 3 is 2.08 bits per heavy atom. The number of carboxylic acid groups (broad SMARTS) is 1. The topological polar surface area (TPSA) is 71.4 Å². The molecule has 0 aromatic heterocycles. The molecule has 5 heteroatoms. The average molecular weight is 192 g/mol. The van der Waals surface area contributed by atoms with Gasteiger partial charge in [-0.2, -0.15) is 0 Å². The van der Waals surface area contributed by atoms with Crippen LogP contribution >= 0.6 is 0 Å². The third-order valence-electron chi connectivity index (χ3n) is 2.77. The van der Waals surface area contributed by atoms with Crippen LogP contribution in [0.25, 0.3) is 0 Å². The highest BCUT2D eigenvalue weighted by Crippen LogP contribution is 2.44. The van der Waals surface area contributed by atoms with Gasteiger partial charge in [-0.25, -0.2) is 8.42 Å². The number of carbonyl (C=O) groups is 1. The van der Waals surface area contributed by atoms with Crippen molar-refractivity contribution in [2.45, 2.75) is 24.5 Å². The van der Waals surface area contributed by atoms with E-state index >= 15 is 0 Å². The molecule has 0 spiro atoms. The molecule has 0 amide bonds. The van der Waals surface area contributed by atoms with Crippen LogP contribution in [0.5, 0.6) is 0 Å². The van der Waals surface area contributed by atoms with E-state index in [0.717, 1.165) is 6.26 Å². The molecule has 0 aromatic carbocycles. The summed E-state index contributed by atoms with van der Waals surface area (Å²) in [6.07, 6.45) is 1.93. The highest BCUT2D eigenvalue weighted by molar-refractivity contribution is 7.93. The van der Waals surface area contributed by atoms with Gasteiger partial charge in [0.25, 0.3) is 0 Å². The first-order valence-electron chi connectivity index (χ1n) is 3.75. The van der Waals surface area contributed by atoms with E-state index in [1.807, 2.05) is 0 Å². The Balaban J connectivity index is 3.15. The highest BCUT2D eigenvalue weighted by Gasteiger charge is 2.58. The zero-order chi connectivity index (χ0) is 9.57. The monoisotopic (exact) mass is 192 g/mol. The van der Waals surface area contributed by atoms with Gasteiger partial charge in [0.15, 0.2) is 14.6 Å². The Morgan fingerprint density at radius 1 is 1.58 bits per heavy atom. The number of rotatable bonds is 2. The van der Waals surface area contributed by atoms with Crippen molar-refractivity contribution in [1.29, 1.82) is 0 Å². The smallest absolute Gasteiger partial charge is 0.325 e. The predicted octanol–water partition coefficient (Wildman–Crippen LogP) is 0.284. The number of hydrogen-bond donors (Lipinski definition) is 1. The van der Waals surface area contributed by atoms with Crippen LogP contribution in [0.4, 0.5) is 0 Å². The van der Waals surface area contributed by atoms with Gasteiger partial charge in [-0.3, -0.25) is 4.79 Å². The van der Waals surface area contributed by atoms with Gasteiger partial charge < -0.3 is 5.11 Å². The zero-order valence-electron chi connectivity index (χ0n) is 7.07. The number of sulfone groups is 1. The number of carboxylic acids is 1. The summed E-state index contributed by atoms with van der Waals surface area (Å²) in [6.45, 7) is 1.67. The van der Waals surface area contributed by atoms with Crippen LogP contribution in [0.15, 0.2) is 0 Å². The van der Waals surface area contributed by atoms with Crippen LogP contribution < -0.4 is 0 Å². The van der Waals surface area contributed by atoms with Gasteiger partial charge in [-0.15, -0.1) is 0 Å². The van der Waals surface area contributed by atoms with Crippen molar-refractivity contribution in [2.75, 3.05) is 6.26 Å². The van der Waals surface area contributed by atoms with Crippen LogP contribution in [0.3, 0.4) is 0 Å². The third-order valence-corrected chi connectivity index (χ3v) is 4.87. The first-order valence-corrected chi connectivity index (χ1v) is 5.64. The van der Waals surface area contributed by atoms with E-state index in [0.29, 0.717) is 6.42 Å². The standard InChI is InChI=1S/C7H12O4S/c1-5-3-4-7(5,6(8)9)12(2,10)11/h5H,3-4H2,1-2H3,(H,8,9). The van der Waals surface area contributed by atoms with Gasteiger partial charge in [0.05, 0.1) is 0 Å². The first kappa shape index (κ1) is 9.51. The summed E-state index contributed by atoms with van der Waals surface area (Å²) in [4.78, 5) is 10.8. The second-order valence-corrected chi connectivity index (χ2v) is 5.68. The maximum absolute atomic E-state index is 11.2. The molecule has 1 N–H and O–H groups in total. The fourth-order valence-electron chi connectivity index (χ4n) is 1.72. The second-order valence-electron chi connectivity index (χ2n) is 3.41. The quantitative estimate of drug-likeness (QED) is 0.682. The van der Waals surface area contributed by atoms with E-state index in [1.54, 1.807) is 6.92 Å². The van der Waals surface area contributed by atoms with Gasteiger partial charge in [-0.05, 0) is 18.8 Å². The van der Waals surface area contributed by atoms with E-state index < -0.39 is 20.6 Å². The first-order chi connectivity index (χ1) is 5.32. The molecule has 0 bridgehead atoms. The summed E-state index contributed by atoms with van der Waals surface area (Å²) < 4.78 is 20.9. The Hall–Kier alpha value is -0.580. The van der Waals surface area contributed by atoms with Crippen molar-refractivity contribution in [3.05, 3.63) is 0 Å². The Labute approximate surface area is 71.5 Å². The van der Waals surface area contributed by atoms with E-state index in [-0.39, 0.29) is 12.3 Å². The summed E-state index contributed by atoms with van der Waals surface area (Å²) in [5.41, 5.74) is 0. The number of aliphatic carboxylic acids is 1. The molecule has 70 valence electrons. The lowest BCUT2D eigenvalue weighted by Crippen LogP contribution is -2.57. The average Bonchev–Trinajstić information content (AvgIpc) is 1.80.